The van der Waals surface area contributed by atoms with Gasteiger partial charge in [0.05, 0.1) is 0 Å². The quantitative estimate of drug-likeness (QED) is 0.340. The molecule has 3 aromatic carbocycles. The zero-order chi connectivity index (χ0) is 15.8. The van der Waals surface area contributed by atoms with Crippen molar-refractivity contribution in [3.63, 3.8) is 0 Å². The third kappa shape index (κ3) is 1.56. The molecular formula is C22H18S. The number of hydrogen-bond acceptors (Lipinski definition) is 1. The lowest BCUT2D eigenvalue weighted by atomic mass is 9.82. The zero-order valence-electron chi connectivity index (χ0n) is 13.6. The molecule has 5 rings (SSSR count). The van der Waals surface area contributed by atoms with Crippen LogP contribution in [-0.4, -0.2) is 0 Å². The van der Waals surface area contributed by atoms with Gasteiger partial charge in [0.2, 0.25) is 0 Å². The van der Waals surface area contributed by atoms with E-state index in [1.165, 1.54) is 48.0 Å². The summed E-state index contributed by atoms with van der Waals surface area (Å²) in [6.07, 6.45) is 0. The predicted molar refractivity (Wildman–Crippen MR) is 102 cm³/mol. The largest absolute Gasteiger partial charge is 0.134 e. The summed E-state index contributed by atoms with van der Waals surface area (Å²) in [5.41, 5.74) is 7.27. The van der Waals surface area contributed by atoms with Crippen LogP contribution >= 0.6 is 11.3 Å². The average Bonchev–Trinajstić information content (AvgIpc) is 3.04. The van der Waals surface area contributed by atoms with Crippen LogP contribution < -0.4 is 0 Å². The fourth-order valence-corrected chi connectivity index (χ4v) is 5.51. The van der Waals surface area contributed by atoms with Crippen LogP contribution in [0.4, 0.5) is 0 Å². The van der Waals surface area contributed by atoms with Crippen molar-refractivity contribution >= 4 is 31.5 Å². The minimum Gasteiger partial charge on any atom is -0.134 e. The van der Waals surface area contributed by atoms with Crippen LogP contribution in [0.25, 0.3) is 31.3 Å². The number of benzene rings is 3. The van der Waals surface area contributed by atoms with E-state index in [2.05, 4.69) is 75.4 Å². The summed E-state index contributed by atoms with van der Waals surface area (Å²) in [6.45, 7) is 6.92. The standard InChI is InChI=1S/C22H18S/c1-13-7-6-9-14-15-11-12-18-19(21(15)23-20(13)14)16-8-4-5-10-17(16)22(18,2)3/h4-12H,1-3H3. The van der Waals surface area contributed by atoms with Crippen molar-refractivity contribution in [3.8, 4) is 11.1 Å². The van der Waals surface area contributed by atoms with E-state index in [0.29, 0.717) is 0 Å². The van der Waals surface area contributed by atoms with E-state index in [4.69, 9.17) is 0 Å². The van der Waals surface area contributed by atoms with Crippen LogP contribution in [0.1, 0.15) is 30.5 Å². The summed E-state index contributed by atoms with van der Waals surface area (Å²) in [7, 11) is 0. The van der Waals surface area contributed by atoms with Crippen molar-refractivity contribution in [2.45, 2.75) is 26.2 Å². The fraction of sp³-hybridized carbons (Fsp3) is 0.182. The minimum atomic E-state index is 0.0886. The highest BCUT2D eigenvalue weighted by molar-refractivity contribution is 7.26. The van der Waals surface area contributed by atoms with E-state index < -0.39 is 0 Å². The van der Waals surface area contributed by atoms with Crippen molar-refractivity contribution < 1.29 is 0 Å². The van der Waals surface area contributed by atoms with Gasteiger partial charge in [0, 0.05) is 31.2 Å². The Hall–Kier alpha value is -2.12. The van der Waals surface area contributed by atoms with Crippen molar-refractivity contribution in [2.75, 3.05) is 0 Å². The minimum absolute atomic E-state index is 0.0886. The lowest BCUT2D eigenvalue weighted by molar-refractivity contribution is 0.661. The Bertz CT molecular complexity index is 1100. The molecule has 1 heteroatoms. The lowest BCUT2D eigenvalue weighted by Crippen LogP contribution is -2.14. The summed E-state index contributed by atoms with van der Waals surface area (Å²) in [6, 6.07) is 20.3. The first kappa shape index (κ1) is 13.3. The van der Waals surface area contributed by atoms with Gasteiger partial charge in [0.25, 0.3) is 0 Å². The predicted octanol–water partition coefficient (Wildman–Crippen LogP) is 6.67. The van der Waals surface area contributed by atoms with Crippen LogP contribution in [0.3, 0.4) is 0 Å². The molecule has 23 heavy (non-hydrogen) atoms. The first-order valence-electron chi connectivity index (χ1n) is 8.14. The molecule has 1 aliphatic carbocycles. The summed E-state index contributed by atoms with van der Waals surface area (Å²) in [5.74, 6) is 0. The van der Waals surface area contributed by atoms with Gasteiger partial charge in [-0.1, -0.05) is 68.4 Å². The summed E-state index contributed by atoms with van der Waals surface area (Å²) >= 11 is 1.96. The molecule has 0 N–H and O–H groups in total. The number of fused-ring (bicyclic) bond motifs is 7. The molecule has 0 unspecified atom stereocenters. The molecule has 0 atom stereocenters. The molecule has 0 radical (unpaired) electrons. The molecule has 112 valence electrons. The summed E-state index contributed by atoms with van der Waals surface area (Å²) in [4.78, 5) is 0. The Morgan fingerprint density at radius 1 is 0.739 bits per heavy atom. The second-order valence-electron chi connectivity index (χ2n) is 7.09. The molecule has 1 heterocycles. The van der Waals surface area contributed by atoms with Gasteiger partial charge in [-0.05, 0) is 29.2 Å². The van der Waals surface area contributed by atoms with Gasteiger partial charge in [-0.15, -0.1) is 11.3 Å². The lowest BCUT2D eigenvalue weighted by Gasteiger charge is -2.21. The molecule has 4 aromatic rings. The van der Waals surface area contributed by atoms with Crippen LogP contribution in [0.15, 0.2) is 54.6 Å². The monoisotopic (exact) mass is 314 g/mol. The molecule has 0 bridgehead atoms. The molecule has 0 spiro atoms. The average molecular weight is 314 g/mol. The maximum atomic E-state index is 2.35. The van der Waals surface area contributed by atoms with Gasteiger partial charge in [-0.25, -0.2) is 0 Å². The van der Waals surface area contributed by atoms with Gasteiger partial charge >= 0.3 is 0 Å². The number of hydrogen-bond donors (Lipinski definition) is 0. The molecular weight excluding hydrogens is 296 g/mol. The van der Waals surface area contributed by atoms with Gasteiger partial charge in [0.1, 0.15) is 0 Å². The van der Waals surface area contributed by atoms with Crippen LogP contribution in [0.5, 0.6) is 0 Å². The van der Waals surface area contributed by atoms with E-state index >= 15 is 0 Å². The topological polar surface area (TPSA) is 0 Å². The van der Waals surface area contributed by atoms with E-state index in [1.54, 1.807) is 0 Å². The Balaban J connectivity index is 2.02. The maximum Gasteiger partial charge on any atom is 0.0437 e. The number of aryl methyl sites for hydroxylation is 1. The van der Waals surface area contributed by atoms with Gasteiger partial charge in [0.15, 0.2) is 0 Å². The number of thiophene rings is 1. The van der Waals surface area contributed by atoms with Gasteiger partial charge in [-0.2, -0.15) is 0 Å². The highest BCUT2D eigenvalue weighted by Crippen LogP contribution is 2.53. The normalized spacial score (nSPS) is 15.1. The Morgan fingerprint density at radius 3 is 2.39 bits per heavy atom. The molecule has 0 saturated heterocycles. The van der Waals surface area contributed by atoms with Crippen LogP contribution in [0, 0.1) is 6.92 Å². The van der Waals surface area contributed by atoms with Crippen molar-refractivity contribution in [3.05, 3.63) is 71.3 Å². The summed E-state index contributed by atoms with van der Waals surface area (Å²) < 4.78 is 2.88. The van der Waals surface area contributed by atoms with Crippen molar-refractivity contribution in [1.82, 2.24) is 0 Å². The highest BCUT2D eigenvalue weighted by atomic mass is 32.1. The Labute approximate surface area is 140 Å². The van der Waals surface area contributed by atoms with E-state index in [9.17, 15) is 0 Å². The third-order valence-electron chi connectivity index (χ3n) is 5.41. The molecule has 0 amide bonds. The highest BCUT2D eigenvalue weighted by Gasteiger charge is 2.36. The Kier molecular flexibility index (Phi) is 2.46. The van der Waals surface area contributed by atoms with Gasteiger partial charge in [-0.3, -0.25) is 0 Å². The van der Waals surface area contributed by atoms with Crippen LogP contribution in [0.2, 0.25) is 0 Å². The molecule has 0 saturated carbocycles. The third-order valence-corrected chi connectivity index (χ3v) is 6.78. The van der Waals surface area contributed by atoms with E-state index in [0.717, 1.165) is 0 Å². The van der Waals surface area contributed by atoms with Crippen molar-refractivity contribution in [1.29, 1.82) is 0 Å². The Morgan fingerprint density at radius 2 is 1.52 bits per heavy atom. The fourth-order valence-electron chi connectivity index (χ4n) is 4.18. The van der Waals surface area contributed by atoms with Gasteiger partial charge < -0.3 is 0 Å². The summed E-state index contributed by atoms with van der Waals surface area (Å²) in [5, 5.41) is 2.80. The first-order valence-corrected chi connectivity index (χ1v) is 8.96. The zero-order valence-corrected chi connectivity index (χ0v) is 14.4. The second kappa shape index (κ2) is 4.24. The molecule has 0 aliphatic heterocycles. The van der Waals surface area contributed by atoms with Crippen LogP contribution in [-0.2, 0) is 5.41 Å². The SMILES string of the molecule is Cc1cccc2c1sc1c3c(ccc12)C(C)(C)c1ccccc1-3. The van der Waals surface area contributed by atoms with E-state index in [1.807, 2.05) is 11.3 Å². The smallest absolute Gasteiger partial charge is 0.0437 e. The second-order valence-corrected chi connectivity index (χ2v) is 8.11. The molecule has 0 nitrogen and oxygen atoms in total. The first-order chi connectivity index (χ1) is 11.1. The number of rotatable bonds is 0. The van der Waals surface area contributed by atoms with E-state index in [-0.39, 0.29) is 5.41 Å². The maximum absolute atomic E-state index is 2.35. The molecule has 1 aromatic heterocycles. The molecule has 0 fully saturated rings. The van der Waals surface area contributed by atoms with Crippen molar-refractivity contribution in [2.24, 2.45) is 0 Å². The molecule has 1 aliphatic rings.